The van der Waals surface area contributed by atoms with Gasteiger partial charge < -0.3 is 10.5 Å². The van der Waals surface area contributed by atoms with Crippen molar-refractivity contribution in [2.45, 2.75) is 51.5 Å². The predicted molar refractivity (Wildman–Crippen MR) is 94.8 cm³/mol. The third-order valence-electron chi connectivity index (χ3n) is 5.00. The molecule has 0 spiro atoms. The summed E-state index contributed by atoms with van der Waals surface area (Å²) in [4.78, 5) is 0. The molecule has 1 aromatic rings. The molecule has 2 nitrogen and oxygen atoms in total. The van der Waals surface area contributed by atoms with Crippen LogP contribution in [0.4, 0.5) is 0 Å². The first-order valence-electron chi connectivity index (χ1n) is 8.35. The molecule has 1 fully saturated rings. The Morgan fingerprint density at radius 2 is 1.95 bits per heavy atom. The Hall–Kier alpha value is -0.280. The van der Waals surface area contributed by atoms with Crippen LogP contribution < -0.4 is 5.73 Å². The van der Waals surface area contributed by atoms with Gasteiger partial charge in [-0.15, -0.1) is 0 Å². The van der Waals surface area contributed by atoms with Crippen LogP contribution in [0.1, 0.15) is 51.0 Å². The van der Waals surface area contributed by atoms with Gasteiger partial charge in [-0.2, -0.15) is 0 Å². The van der Waals surface area contributed by atoms with Gasteiger partial charge in [0.05, 0.1) is 16.7 Å². The van der Waals surface area contributed by atoms with Crippen molar-refractivity contribution in [1.82, 2.24) is 0 Å². The molecular weight excluding hydrogens is 317 g/mol. The van der Waals surface area contributed by atoms with Crippen LogP contribution in [-0.2, 0) is 4.74 Å². The monoisotopic (exact) mass is 343 g/mol. The molecule has 0 amide bonds. The van der Waals surface area contributed by atoms with Gasteiger partial charge in [-0.1, -0.05) is 42.6 Å². The van der Waals surface area contributed by atoms with Crippen LogP contribution in [0.2, 0.25) is 10.0 Å². The average Bonchev–Trinajstić information content (AvgIpc) is 2.66. The van der Waals surface area contributed by atoms with Crippen LogP contribution in [0, 0.1) is 11.8 Å². The maximum absolute atomic E-state index is 6.34. The quantitative estimate of drug-likeness (QED) is 0.739. The summed E-state index contributed by atoms with van der Waals surface area (Å²) in [6.45, 7) is 5.88. The standard InChI is InChI=1S/C18H27Cl2NO/c1-3-12-5-7-14(21)10-15(16(12)11-22-4-2)13-6-8-17(19)18(20)9-13/h6,8-9,12,14-16H,3-5,7,10-11,21H2,1-2H3/t12-,14+,15-,16?/m1/s1. The molecule has 0 heterocycles. The normalized spacial score (nSPS) is 29.3. The molecule has 0 radical (unpaired) electrons. The Kier molecular flexibility index (Phi) is 7.01. The van der Waals surface area contributed by atoms with Crippen molar-refractivity contribution in [1.29, 1.82) is 0 Å². The molecule has 124 valence electrons. The van der Waals surface area contributed by atoms with Gasteiger partial charge in [-0.25, -0.2) is 0 Å². The van der Waals surface area contributed by atoms with E-state index in [0.717, 1.165) is 26.1 Å². The van der Waals surface area contributed by atoms with Gasteiger partial charge in [0.2, 0.25) is 0 Å². The summed E-state index contributed by atoms with van der Waals surface area (Å²) in [5, 5.41) is 1.23. The first kappa shape index (κ1) is 18.1. The number of benzene rings is 1. The minimum absolute atomic E-state index is 0.250. The Balaban J connectivity index is 2.33. The first-order valence-corrected chi connectivity index (χ1v) is 9.10. The molecule has 1 aromatic carbocycles. The summed E-state index contributed by atoms with van der Waals surface area (Å²) in [6.07, 6.45) is 4.45. The second-order valence-corrected chi connectivity index (χ2v) is 7.16. The van der Waals surface area contributed by atoms with Crippen LogP contribution >= 0.6 is 23.2 Å². The van der Waals surface area contributed by atoms with Crippen molar-refractivity contribution < 1.29 is 4.74 Å². The van der Waals surface area contributed by atoms with E-state index >= 15 is 0 Å². The minimum Gasteiger partial charge on any atom is -0.381 e. The van der Waals surface area contributed by atoms with E-state index in [4.69, 9.17) is 33.7 Å². The summed E-state index contributed by atoms with van der Waals surface area (Å²) in [7, 11) is 0. The van der Waals surface area contributed by atoms with Gasteiger partial charge >= 0.3 is 0 Å². The van der Waals surface area contributed by atoms with E-state index < -0.39 is 0 Å². The van der Waals surface area contributed by atoms with Crippen LogP contribution in [0.25, 0.3) is 0 Å². The van der Waals surface area contributed by atoms with Crippen LogP contribution in [0.5, 0.6) is 0 Å². The molecule has 2 N–H and O–H groups in total. The van der Waals surface area contributed by atoms with Crippen LogP contribution in [-0.4, -0.2) is 19.3 Å². The first-order chi connectivity index (χ1) is 10.6. The largest absolute Gasteiger partial charge is 0.381 e. The SMILES string of the molecule is CCOCC1[C@H](CC)CC[C@H](N)C[C@@H]1c1ccc(Cl)c(Cl)c1. The lowest BCUT2D eigenvalue weighted by Crippen LogP contribution is -2.27. The van der Waals surface area contributed by atoms with Crippen LogP contribution in [0.3, 0.4) is 0 Å². The fourth-order valence-electron chi connectivity index (χ4n) is 3.73. The maximum atomic E-state index is 6.34. The molecule has 4 heteroatoms. The van der Waals surface area contributed by atoms with Crippen LogP contribution in [0.15, 0.2) is 18.2 Å². The van der Waals surface area contributed by atoms with E-state index in [-0.39, 0.29) is 6.04 Å². The van der Waals surface area contributed by atoms with Crippen molar-refractivity contribution >= 4 is 23.2 Å². The van der Waals surface area contributed by atoms with Gasteiger partial charge in [0, 0.05) is 12.6 Å². The van der Waals surface area contributed by atoms with E-state index in [2.05, 4.69) is 19.9 Å². The highest BCUT2D eigenvalue weighted by molar-refractivity contribution is 6.42. The summed E-state index contributed by atoms with van der Waals surface area (Å²) in [5.74, 6) is 1.54. The Morgan fingerprint density at radius 3 is 2.59 bits per heavy atom. The molecule has 1 unspecified atom stereocenters. The molecular formula is C18H27Cl2NO. The second-order valence-electron chi connectivity index (χ2n) is 6.34. The second kappa shape index (κ2) is 8.54. The Morgan fingerprint density at radius 1 is 1.18 bits per heavy atom. The average molecular weight is 344 g/mol. The van der Waals surface area contributed by atoms with E-state index in [1.807, 2.05) is 12.1 Å². The predicted octanol–water partition coefficient (Wildman–Crippen LogP) is 5.27. The molecule has 0 bridgehead atoms. The molecule has 0 aliphatic heterocycles. The van der Waals surface area contributed by atoms with E-state index in [1.165, 1.54) is 18.4 Å². The lowest BCUT2D eigenvalue weighted by molar-refractivity contribution is 0.0714. The van der Waals surface area contributed by atoms with E-state index in [1.54, 1.807) is 0 Å². The lowest BCUT2D eigenvalue weighted by Gasteiger charge is -2.32. The third-order valence-corrected chi connectivity index (χ3v) is 5.74. The maximum Gasteiger partial charge on any atom is 0.0595 e. The van der Waals surface area contributed by atoms with Crippen molar-refractivity contribution in [3.63, 3.8) is 0 Å². The molecule has 0 saturated heterocycles. The molecule has 1 saturated carbocycles. The van der Waals surface area contributed by atoms with Gasteiger partial charge in [-0.05, 0) is 61.6 Å². The number of halogens is 2. The Bertz CT molecular complexity index is 480. The summed E-state index contributed by atoms with van der Waals surface area (Å²) >= 11 is 12.3. The third kappa shape index (κ3) is 4.38. The minimum atomic E-state index is 0.250. The highest BCUT2D eigenvalue weighted by Crippen LogP contribution is 2.42. The van der Waals surface area contributed by atoms with E-state index in [9.17, 15) is 0 Å². The van der Waals surface area contributed by atoms with Gasteiger partial charge in [0.25, 0.3) is 0 Å². The zero-order valence-electron chi connectivity index (χ0n) is 13.5. The van der Waals surface area contributed by atoms with Gasteiger partial charge in [-0.3, -0.25) is 0 Å². The molecule has 1 aliphatic rings. The summed E-state index contributed by atoms with van der Waals surface area (Å²) < 4.78 is 5.80. The summed E-state index contributed by atoms with van der Waals surface area (Å²) in [6, 6.07) is 6.26. The lowest BCUT2D eigenvalue weighted by atomic mass is 9.76. The van der Waals surface area contributed by atoms with Crippen molar-refractivity contribution in [3.8, 4) is 0 Å². The van der Waals surface area contributed by atoms with Gasteiger partial charge in [0.15, 0.2) is 0 Å². The van der Waals surface area contributed by atoms with E-state index in [0.29, 0.717) is 27.8 Å². The molecule has 4 atom stereocenters. The fraction of sp³-hybridized carbons (Fsp3) is 0.667. The zero-order valence-corrected chi connectivity index (χ0v) is 15.0. The van der Waals surface area contributed by atoms with Crippen molar-refractivity contribution in [2.75, 3.05) is 13.2 Å². The number of ether oxygens (including phenoxy) is 1. The number of nitrogens with two attached hydrogens (primary N) is 1. The summed E-state index contributed by atoms with van der Waals surface area (Å²) in [5.41, 5.74) is 7.58. The highest BCUT2D eigenvalue weighted by Gasteiger charge is 2.34. The zero-order chi connectivity index (χ0) is 16.1. The van der Waals surface area contributed by atoms with Crippen molar-refractivity contribution in [3.05, 3.63) is 33.8 Å². The molecule has 0 aromatic heterocycles. The van der Waals surface area contributed by atoms with Gasteiger partial charge in [0.1, 0.15) is 0 Å². The van der Waals surface area contributed by atoms with Crippen molar-refractivity contribution in [2.24, 2.45) is 17.6 Å². The smallest absolute Gasteiger partial charge is 0.0595 e. The number of rotatable bonds is 5. The fourth-order valence-corrected chi connectivity index (χ4v) is 4.04. The Labute approximate surface area is 144 Å². The highest BCUT2D eigenvalue weighted by atomic mass is 35.5. The topological polar surface area (TPSA) is 35.2 Å². The molecule has 22 heavy (non-hydrogen) atoms. The molecule has 1 aliphatic carbocycles. The molecule has 2 rings (SSSR count). The number of hydrogen-bond acceptors (Lipinski definition) is 2. The number of hydrogen-bond donors (Lipinski definition) is 1.